The van der Waals surface area contributed by atoms with Crippen LogP contribution in [0.5, 0.6) is 0 Å². The van der Waals surface area contributed by atoms with Crippen LogP contribution >= 0.6 is 0 Å². The average molecular weight is 1200 g/mol. The highest BCUT2D eigenvalue weighted by Crippen LogP contribution is 2.47. The summed E-state index contributed by atoms with van der Waals surface area (Å²) in [6, 6.07) is 105. The molecule has 0 aliphatic carbocycles. The molecule has 0 aromatic heterocycles. The highest BCUT2D eigenvalue weighted by molar-refractivity contribution is 7.01. The van der Waals surface area contributed by atoms with Crippen LogP contribution in [-0.2, 0) is 0 Å². The van der Waals surface area contributed by atoms with Crippen molar-refractivity contribution >= 4 is 154 Å². The fourth-order valence-corrected chi connectivity index (χ4v) is 16.2. The number of hydrogen-bond donors (Lipinski definition) is 2. The normalized spacial score (nSPS) is 13.0. The van der Waals surface area contributed by atoms with E-state index in [2.05, 4.69) is 333 Å². The molecule has 12 aromatic carbocycles. The van der Waals surface area contributed by atoms with Crippen molar-refractivity contribution in [3.8, 4) is 11.1 Å². The van der Waals surface area contributed by atoms with Gasteiger partial charge < -0.3 is 29.6 Å². The topological polar surface area (TPSA) is 53.4 Å². The lowest BCUT2D eigenvalue weighted by Gasteiger charge is -2.44. The Morgan fingerprint density at radius 3 is 0.844 bits per heavy atom. The first-order valence-corrected chi connectivity index (χ1v) is 38.4. The van der Waals surface area contributed by atoms with E-state index in [9.17, 15) is 0 Å². The molecular formula is C79H71B3N4O2Si2. The Balaban J connectivity index is 0.000000134. The van der Waals surface area contributed by atoms with Gasteiger partial charge in [-0.2, -0.15) is 0 Å². The van der Waals surface area contributed by atoms with E-state index in [4.69, 9.17) is 10.0 Å². The zero-order chi connectivity index (χ0) is 61.8. The number of benzene rings is 12. The SMILES string of the molecule is C[Si](C)(C)c1ccc(-c2cc3c4c(c2)N(c2ccccc2)c2ccccc2B4c2ccccc2N3c2ccccc2)cc1.C[Si](C)(C)c1ccc(B(O)O)cc1.Cc1cc2c3c(c1)N(c1ccccc1)c1ccccc1B3c1ccccc1N2c1ccccc1. The van der Waals surface area contributed by atoms with Gasteiger partial charge in [0.15, 0.2) is 0 Å². The van der Waals surface area contributed by atoms with Gasteiger partial charge in [0.1, 0.15) is 0 Å². The highest BCUT2D eigenvalue weighted by Gasteiger charge is 2.45. The lowest BCUT2D eigenvalue weighted by atomic mass is 9.33. The van der Waals surface area contributed by atoms with Crippen molar-refractivity contribution in [3.63, 3.8) is 0 Å². The van der Waals surface area contributed by atoms with Gasteiger partial charge in [0.2, 0.25) is 0 Å². The van der Waals surface area contributed by atoms with Gasteiger partial charge in [-0.3, -0.25) is 0 Å². The summed E-state index contributed by atoms with van der Waals surface area (Å²) in [6.45, 7) is 16.6. The monoisotopic (exact) mass is 1200 g/mol. The van der Waals surface area contributed by atoms with Crippen LogP contribution in [-0.4, -0.2) is 46.7 Å². The molecule has 0 unspecified atom stereocenters. The summed E-state index contributed by atoms with van der Waals surface area (Å²) in [7, 11) is -4.01. The number of nitrogens with zero attached hydrogens (tertiary/aromatic N) is 4. The first-order chi connectivity index (χ1) is 43.7. The van der Waals surface area contributed by atoms with Crippen LogP contribution in [0.25, 0.3) is 11.1 Å². The van der Waals surface area contributed by atoms with Gasteiger partial charge >= 0.3 is 7.12 Å². The summed E-state index contributed by atoms with van der Waals surface area (Å²) in [5, 5.41) is 20.6. The molecule has 12 aromatic rings. The predicted octanol–water partition coefficient (Wildman–Crippen LogP) is 14.0. The van der Waals surface area contributed by atoms with Crippen molar-refractivity contribution < 1.29 is 10.0 Å². The lowest BCUT2D eigenvalue weighted by molar-refractivity contribution is 0.426. The van der Waals surface area contributed by atoms with E-state index >= 15 is 0 Å². The molecular weight excluding hydrogens is 1130 g/mol. The smallest absolute Gasteiger partial charge is 0.423 e. The molecule has 0 fully saturated rings. The zero-order valence-electron chi connectivity index (χ0n) is 52.1. The van der Waals surface area contributed by atoms with E-state index in [0.717, 1.165) is 0 Å². The first-order valence-electron chi connectivity index (χ1n) is 31.4. The maximum absolute atomic E-state index is 8.88. The van der Waals surface area contributed by atoms with Crippen molar-refractivity contribution in [3.05, 3.63) is 297 Å². The molecule has 0 amide bonds. The molecule has 4 aliphatic rings. The first kappa shape index (κ1) is 58.1. The fraction of sp³-hybridized carbons (Fsp3) is 0.0886. The van der Waals surface area contributed by atoms with Gasteiger partial charge in [-0.1, -0.05) is 244 Å². The summed E-state index contributed by atoms with van der Waals surface area (Å²) >= 11 is 0. The maximum atomic E-state index is 8.88. The van der Waals surface area contributed by atoms with Gasteiger partial charge in [-0.05, 0) is 159 Å². The van der Waals surface area contributed by atoms with E-state index < -0.39 is 23.3 Å². The Kier molecular flexibility index (Phi) is 15.3. The van der Waals surface area contributed by atoms with Crippen LogP contribution in [0.1, 0.15) is 5.56 Å². The highest BCUT2D eigenvalue weighted by atomic mass is 28.3. The van der Waals surface area contributed by atoms with E-state index in [1.54, 1.807) is 12.1 Å². The van der Waals surface area contributed by atoms with E-state index in [-0.39, 0.29) is 13.4 Å². The number of para-hydroxylation sites is 8. The van der Waals surface area contributed by atoms with Crippen molar-refractivity contribution in [1.82, 2.24) is 0 Å². The molecule has 11 heteroatoms. The maximum Gasteiger partial charge on any atom is 0.488 e. The standard InChI is InChI=1S/C39H33BN2Si.C31H23BN2.C9H15BO2Si/c1-43(2,3)32-24-22-28(23-25-32)29-26-37-39-38(27-29)42(31-16-8-5-9-17-31)36-21-13-11-19-34(36)40(39)33-18-10-12-20-35(33)41(37)30-14-6-4-7-15-30;1-22-20-29-31-30(21-22)34(24-14-6-3-7-15-24)28-19-11-9-17-26(28)32(31)25-16-8-10-18-27(25)33(29)23-12-4-2-5-13-23;1-13(2,3)9-6-4-8(5-7-9)10(11)12/h4-27H,1-3H3;2-21H,1H3;4-7,11-12H,1-3H3. The van der Waals surface area contributed by atoms with Crippen LogP contribution in [0.15, 0.2) is 291 Å². The minimum atomic E-state index is -1.40. The molecule has 0 saturated heterocycles. The molecule has 4 heterocycles. The summed E-state index contributed by atoms with van der Waals surface area (Å²) in [6.07, 6.45) is 0. The third kappa shape index (κ3) is 10.6. The van der Waals surface area contributed by atoms with Crippen molar-refractivity contribution in [2.45, 2.75) is 46.2 Å². The van der Waals surface area contributed by atoms with Crippen molar-refractivity contribution in [1.29, 1.82) is 0 Å². The minimum absolute atomic E-state index is 0.139. The molecule has 2 N–H and O–H groups in total. The molecule has 0 atom stereocenters. The Bertz CT molecular complexity index is 4360. The zero-order valence-corrected chi connectivity index (χ0v) is 54.1. The van der Waals surface area contributed by atoms with Crippen LogP contribution in [0.3, 0.4) is 0 Å². The summed E-state index contributed by atoms with van der Waals surface area (Å²) in [4.78, 5) is 9.83. The quantitative estimate of drug-likeness (QED) is 0.148. The number of fused-ring (bicyclic) bond motifs is 8. The second-order valence-electron chi connectivity index (χ2n) is 26.0. The Morgan fingerprint density at radius 2 is 0.556 bits per heavy atom. The molecule has 90 heavy (non-hydrogen) atoms. The number of aryl methyl sites for hydroxylation is 1. The van der Waals surface area contributed by atoms with E-state index in [1.165, 1.54) is 128 Å². The second kappa shape index (κ2) is 23.7. The molecule has 16 rings (SSSR count). The summed E-state index contributed by atoms with van der Waals surface area (Å²) < 4.78 is 0. The molecule has 4 aliphatic heterocycles. The van der Waals surface area contributed by atoms with Gasteiger partial charge in [-0.15, -0.1) is 0 Å². The fourth-order valence-electron chi connectivity index (χ4n) is 13.8. The number of anilines is 12. The third-order valence-corrected chi connectivity index (χ3v) is 22.3. The Hall–Kier alpha value is -9.61. The number of rotatable bonds is 8. The van der Waals surface area contributed by atoms with Gasteiger partial charge in [0, 0.05) is 68.2 Å². The molecule has 0 saturated carbocycles. The molecule has 0 spiro atoms. The van der Waals surface area contributed by atoms with Crippen molar-refractivity contribution in [2.24, 2.45) is 0 Å². The summed E-state index contributed by atoms with van der Waals surface area (Å²) in [5.41, 5.74) is 27.1. The molecule has 436 valence electrons. The summed E-state index contributed by atoms with van der Waals surface area (Å²) in [5.74, 6) is 0. The molecule has 6 nitrogen and oxygen atoms in total. The largest absolute Gasteiger partial charge is 0.488 e. The average Bonchev–Trinajstić information content (AvgIpc) is 0.767. The lowest BCUT2D eigenvalue weighted by Crippen LogP contribution is -2.61. The van der Waals surface area contributed by atoms with Gasteiger partial charge in [0.05, 0.1) is 16.1 Å². The Morgan fingerprint density at radius 1 is 0.289 bits per heavy atom. The van der Waals surface area contributed by atoms with Crippen LogP contribution in [0.2, 0.25) is 39.3 Å². The van der Waals surface area contributed by atoms with Crippen LogP contribution in [0, 0.1) is 6.92 Å². The van der Waals surface area contributed by atoms with Crippen molar-refractivity contribution in [2.75, 3.05) is 19.6 Å². The second-order valence-corrected chi connectivity index (χ2v) is 36.2. The Labute approximate surface area is 534 Å². The minimum Gasteiger partial charge on any atom is -0.423 e. The van der Waals surface area contributed by atoms with E-state index in [0.29, 0.717) is 5.46 Å². The van der Waals surface area contributed by atoms with Crippen LogP contribution in [0.4, 0.5) is 68.2 Å². The predicted molar refractivity (Wildman–Crippen MR) is 393 cm³/mol. The van der Waals surface area contributed by atoms with Gasteiger partial charge in [0.25, 0.3) is 13.4 Å². The van der Waals surface area contributed by atoms with Gasteiger partial charge in [-0.25, -0.2) is 0 Å². The molecule has 0 radical (unpaired) electrons. The number of hydrogen-bond acceptors (Lipinski definition) is 6. The van der Waals surface area contributed by atoms with Crippen LogP contribution < -0.4 is 68.2 Å². The molecule has 0 bridgehead atoms. The van der Waals surface area contributed by atoms with E-state index in [1.807, 2.05) is 12.1 Å². The third-order valence-electron chi connectivity index (χ3n) is 18.1.